The molecule has 0 aliphatic heterocycles. The number of benzene rings is 12. The van der Waals surface area contributed by atoms with Crippen LogP contribution in [0.1, 0.15) is 11.0 Å². The first-order chi connectivity index (χ1) is 36.5. The van der Waals surface area contributed by atoms with Crippen LogP contribution in [0.4, 0.5) is 17.1 Å². The van der Waals surface area contributed by atoms with E-state index in [2.05, 4.69) is 84.9 Å². The molecule has 0 N–H and O–H groups in total. The Morgan fingerprint density at radius 3 is 1.36 bits per heavy atom. The van der Waals surface area contributed by atoms with Gasteiger partial charge >= 0.3 is 0 Å². The molecule has 1 nitrogen and oxygen atoms in total. The second-order valence-corrected chi connectivity index (χ2v) is 16.6. The van der Waals surface area contributed by atoms with E-state index in [1.165, 1.54) is 4.90 Å². The average molecular weight is 860 g/mol. The van der Waals surface area contributed by atoms with Crippen LogP contribution in [0.15, 0.2) is 273 Å². The fraction of sp³-hybridized carbons (Fsp3) is 0. The second kappa shape index (κ2) is 17.3. The minimum absolute atomic E-state index is 0.0976. The van der Waals surface area contributed by atoms with Crippen LogP contribution in [0.5, 0.6) is 0 Å². The maximum atomic E-state index is 9.87. The van der Waals surface area contributed by atoms with Crippen molar-refractivity contribution in [3.05, 3.63) is 273 Å². The molecule has 0 aromatic heterocycles. The lowest BCUT2D eigenvalue weighted by atomic mass is 9.89. The van der Waals surface area contributed by atoms with E-state index in [1.54, 1.807) is 24.3 Å². The van der Waals surface area contributed by atoms with Crippen molar-refractivity contribution in [1.82, 2.24) is 0 Å². The number of rotatable bonds is 9. The quantitative estimate of drug-likeness (QED) is 0.140. The van der Waals surface area contributed by atoms with Gasteiger partial charge in [-0.25, -0.2) is 0 Å². The number of hydrogen-bond acceptors (Lipinski definition) is 1. The van der Waals surface area contributed by atoms with Gasteiger partial charge in [0, 0.05) is 17.1 Å². The monoisotopic (exact) mass is 859 g/mol. The Labute approximate surface area is 403 Å². The molecule has 0 unspecified atom stereocenters. The van der Waals surface area contributed by atoms with E-state index in [0.717, 1.165) is 76.8 Å². The molecule has 1 heteroatoms. The molecule has 12 rings (SSSR count). The van der Waals surface area contributed by atoms with E-state index in [0.29, 0.717) is 16.8 Å². The van der Waals surface area contributed by atoms with E-state index >= 15 is 0 Å². The molecule has 0 amide bonds. The highest BCUT2D eigenvalue weighted by Gasteiger charge is 2.17. The molecule has 0 fully saturated rings. The molecule has 67 heavy (non-hydrogen) atoms. The summed E-state index contributed by atoms with van der Waals surface area (Å²) in [5.74, 6) is 0. The molecule has 12 aromatic rings. The Morgan fingerprint density at radius 2 is 0.687 bits per heavy atom. The normalized spacial score (nSPS) is 13.0. The predicted molar refractivity (Wildman–Crippen MR) is 286 cm³/mol. The van der Waals surface area contributed by atoms with Crippen molar-refractivity contribution >= 4 is 49.4 Å². The zero-order chi connectivity index (χ0) is 51.5. The summed E-state index contributed by atoms with van der Waals surface area (Å²) in [6.45, 7) is 0. The fourth-order valence-corrected chi connectivity index (χ4v) is 9.19. The van der Waals surface area contributed by atoms with E-state index < -0.39 is 24.2 Å². The number of anilines is 3. The van der Waals surface area contributed by atoms with Gasteiger partial charge in [0.05, 0.1) is 11.0 Å². The van der Waals surface area contributed by atoms with Crippen molar-refractivity contribution < 1.29 is 11.0 Å². The zero-order valence-electron chi connectivity index (χ0n) is 44.3. The summed E-state index contributed by atoms with van der Waals surface area (Å²) in [4.78, 5) is 1.37. The van der Waals surface area contributed by atoms with Crippen LogP contribution in [-0.2, 0) is 0 Å². The van der Waals surface area contributed by atoms with Crippen molar-refractivity contribution in [2.24, 2.45) is 0 Å². The lowest BCUT2D eigenvalue weighted by Crippen LogP contribution is -2.09. The lowest BCUT2D eigenvalue weighted by molar-refractivity contribution is 1.28. The van der Waals surface area contributed by atoms with Gasteiger partial charge in [-0.1, -0.05) is 230 Å². The SMILES string of the molecule is [2H]c1c([2H])c(N(c2ccc(-c3ccc(-c4cccc5ccccc45)cc3)cc2)c2c([2H])c([2H])c(-c3c(-c4ccccc4)ccc4ccccc34)c([2H])c2[2H])c([2H])c([2H])c1-c1ccc(-c2ccc3ccccc3c2)cc1. The molecule has 0 atom stereocenters. The van der Waals surface area contributed by atoms with E-state index in [1.807, 2.05) is 115 Å². The highest BCUT2D eigenvalue weighted by Crippen LogP contribution is 2.42. The standard InChI is InChI=1S/C66H45N/c1-2-12-53(13-3-1)65-44-37-54-15-7-9-19-64(54)66(65)56-35-42-61(43-36-56)67(59-38-31-49(32-39-59)47-21-23-51(24-22-47)58-30-27-46-11-4-5-16-57(46)45-58)60-40-33-50(34-41-60)48-25-28-55(29-26-48)63-20-10-17-52-14-6-8-18-62(52)63/h1-45H/i31D,32D,35D,36D,38D,39D,42D,43D. The fourth-order valence-electron chi connectivity index (χ4n) is 9.19. The molecule has 0 heterocycles. The molecule has 12 aromatic carbocycles. The van der Waals surface area contributed by atoms with Gasteiger partial charge < -0.3 is 4.90 Å². The molecule has 0 aliphatic carbocycles. The summed E-state index contributed by atoms with van der Waals surface area (Å²) in [6.07, 6.45) is 0. The van der Waals surface area contributed by atoms with E-state index in [-0.39, 0.29) is 46.7 Å². The zero-order valence-corrected chi connectivity index (χ0v) is 36.3. The summed E-state index contributed by atoms with van der Waals surface area (Å²) in [6, 6.07) is 70.3. The Hall–Kier alpha value is -8.78. The molecule has 0 saturated carbocycles. The molecule has 0 aliphatic rings. The van der Waals surface area contributed by atoms with Crippen LogP contribution in [0, 0.1) is 0 Å². The third-order valence-electron chi connectivity index (χ3n) is 12.6. The summed E-state index contributed by atoms with van der Waals surface area (Å²) < 4.78 is 77.9. The van der Waals surface area contributed by atoms with Crippen molar-refractivity contribution in [3.63, 3.8) is 0 Å². The largest absolute Gasteiger partial charge is 0.311 e. The summed E-state index contributed by atoms with van der Waals surface area (Å²) >= 11 is 0. The van der Waals surface area contributed by atoms with Crippen molar-refractivity contribution in [1.29, 1.82) is 0 Å². The maximum Gasteiger partial charge on any atom is 0.0645 e. The van der Waals surface area contributed by atoms with Crippen molar-refractivity contribution in [2.75, 3.05) is 4.90 Å². The van der Waals surface area contributed by atoms with E-state index in [9.17, 15) is 11.0 Å². The van der Waals surface area contributed by atoms with Gasteiger partial charge in [0.25, 0.3) is 0 Å². The maximum absolute atomic E-state index is 9.87. The molecular weight excluding hydrogens is 807 g/mol. The Bertz CT molecular complexity index is 4130. The number of fused-ring (bicyclic) bond motifs is 3. The van der Waals surface area contributed by atoms with Gasteiger partial charge in [-0.15, -0.1) is 0 Å². The van der Waals surface area contributed by atoms with Gasteiger partial charge in [0.2, 0.25) is 0 Å². The van der Waals surface area contributed by atoms with E-state index in [4.69, 9.17) is 0 Å². The smallest absolute Gasteiger partial charge is 0.0645 e. The van der Waals surface area contributed by atoms with Crippen molar-refractivity contribution in [2.45, 2.75) is 0 Å². The second-order valence-electron chi connectivity index (χ2n) is 16.6. The first-order valence-electron chi connectivity index (χ1n) is 26.4. The van der Waals surface area contributed by atoms with Gasteiger partial charge in [0.1, 0.15) is 0 Å². The van der Waals surface area contributed by atoms with Gasteiger partial charge in [-0.05, 0) is 141 Å². The van der Waals surface area contributed by atoms with Gasteiger partial charge in [-0.2, -0.15) is 0 Å². The first kappa shape index (κ1) is 32.0. The molecule has 314 valence electrons. The van der Waals surface area contributed by atoms with Gasteiger partial charge in [-0.3, -0.25) is 0 Å². The van der Waals surface area contributed by atoms with Crippen LogP contribution in [0.2, 0.25) is 0 Å². The average Bonchev–Trinajstić information content (AvgIpc) is 3.46. The Kier molecular flexibility index (Phi) is 8.26. The van der Waals surface area contributed by atoms with Crippen molar-refractivity contribution in [3.8, 4) is 66.8 Å². The number of hydrogen-bond donors (Lipinski definition) is 0. The van der Waals surface area contributed by atoms with Crippen LogP contribution < -0.4 is 4.90 Å². The third kappa shape index (κ3) is 7.73. The highest BCUT2D eigenvalue weighted by atomic mass is 15.1. The predicted octanol–water partition coefficient (Wildman–Crippen LogP) is 18.6. The van der Waals surface area contributed by atoms with Crippen LogP contribution in [0.25, 0.3) is 99.1 Å². The summed E-state index contributed by atoms with van der Waals surface area (Å²) in [7, 11) is 0. The third-order valence-corrected chi connectivity index (χ3v) is 12.6. The summed E-state index contributed by atoms with van der Waals surface area (Å²) in [5.41, 5.74) is 8.61. The molecule has 0 bridgehead atoms. The first-order valence-corrected chi connectivity index (χ1v) is 22.4. The highest BCUT2D eigenvalue weighted by molar-refractivity contribution is 6.04. The Balaban J connectivity index is 1.01. The minimum Gasteiger partial charge on any atom is -0.311 e. The molecular formula is C66H45N. The molecule has 0 spiro atoms. The lowest BCUT2D eigenvalue weighted by Gasteiger charge is -2.26. The Morgan fingerprint density at radius 1 is 0.239 bits per heavy atom. The topological polar surface area (TPSA) is 3.24 Å². The van der Waals surface area contributed by atoms with Crippen LogP contribution in [-0.4, -0.2) is 0 Å². The van der Waals surface area contributed by atoms with Crippen LogP contribution >= 0.6 is 0 Å². The number of nitrogens with zero attached hydrogens (tertiary/aromatic N) is 1. The van der Waals surface area contributed by atoms with Crippen LogP contribution in [0.3, 0.4) is 0 Å². The minimum atomic E-state index is -0.406. The molecule has 0 radical (unpaired) electrons. The molecule has 0 saturated heterocycles. The van der Waals surface area contributed by atoms with Gasteiger partial charge in [0.15, 0.2) is 0 Å². The summed E-state index contributed by atoms with van der Waals surface area (Å²) in [5, 5.41) is 6.16.